The normalized spacial score (nSPS) is 18.4. The van der Waals surface area contributed by atoms with E-state index in [1.54, 1.807) is 53.5 Å². The first-order chi connectivity index (χ1) is 35.0. The summed E-state index contributed by atoms with van der Waals surface area (Å²) in [6.07, 6.45) is 3.47. The van der Waals surface area contributed by atoms with Gasteiger partial charge in [-0.3, -0.25) is 48.1 Å². The molecule has 0 bridgehead atoms. The average Bonchev–Trinajstić information content (AvgIpc) is 3.70. The van der Waals surface area contributed by atoms with Gasteiger partial charge < -0.3 is 24.6 Å². The monoisotopic (exact) mass is 1020 g/mol. The van der Waals surface area contributed by atoms with Crippen LogP contribution in [0.25, 0.3) is 21.8 Å². The lowest BCUT2D eigenvalue weighted by Crippen LogP contribution is -2.57. The van der Waals surface area contributed by atoms with E-state index in [-0.39, 0.29) is 67.8 Å². The van der Waals surface area contributed by atoms with Crippen molar-refractivity contribution in [3.63, 3.8) is 0 Å². The van der Waals surface area contributed by atoms with E-state index in [0.29, 0.717) is 50.3 Å². The Balaban J connectivity index is 0.770. The molecule has 3 aliphatic heterocycles. The van der Waals surface area contributed by atoms with Crippen LogP contribution in [-0.2, 0) is 39.2 Å². The summed E-state index contributed by atoms with van der Waals surface area (Å²) in [5.41, 5.74) is 5.84. The molecule has 9 rings (SSSR count). The van der Waals surface area contributed by atoms with Gasteiger partial charge in [0.1, 0.15) is 45.3 Å². The predicted molar refractivity (Wildman–Crippen MR) is 270 cm³/mol. The minimum atomic E-state index is -3.52. The molecular weight excluding hydrogens is 959 g/mol. The van der Waals surface area contributed by atoms with Crippen LogP contribution >= 0.6 is 10.8 Å². The quantitative estimate of drug-likeness (QED) is 0.0427. The zero-order valence-corrected chi connectivity index (χ0v) is 41.7. The van der Waals surface area contributed by atoms with Gasteiger partial charge in [0.25, 0.3) is 17.7 Å². The van der Waals surface area contributed by atoms with Gasteiger partial charge >= 0.3 is 5.97 Å². The summed E-state index contributed by atoms with van der Waals surface area (Å²) in [6.45, 7) is 4.34. The van der Waals surface area contributed by atoms with Crippen molar-refractivity contribution in [2.24, 2.45) is 7.05 Å². The number of unbranched alkanes of at least 4 members (excludes halogenated alkanes) is 3. The first kappa shape index (κ1) is 50.5. The number of benzene rings is 5. The van der Waals surface area contributed by atoms with E-state index in [1.165, 1.54) is 6.07 Å². The van der Waals surface area contributed by atoms with Crippen molar-refractivity contribution in [3.8, 4) is 17.2 Å². The van der Waals surface area contributed by atoms with Crippen LogP contribution < -0.4 is 24.8 Å². The number of hydrogen-bond acceptors (Lipinski definition) is 14. The van der Waals surface area contributed by atoms with Crippen molar-refractivity contribution in [2.75, 3.05) is 26.8 Å². The molecule has 3 atom stereocenters. The first-order valence-electron chi connectivity index (χ1n) is 24.2. The number of hydrogen-bond donors (Lipinski definition) is 5. The lowest BCUT2D eigenvalue weighted by Gasteiger charge is -2.42. The molecule has 19 nitrogen and oxygen atoms in total. The molecule has 4 heterocycles. The van der Waals surface area contributed by atoms with Crippen LogP contribution in [0.3, 0.4) is 0 Å². The Kier molecular flexibility index (Phi) is 14.5. The van der Waals surface area contributed by atoms with Crippen LogP contribution in [-0.4, -0.2) is 113 Å². The van der Waals surface area contributed by atoms with Crippen molar-refractivity contribution in [2.45, 2.75) is 94.7 Å². The van der Waals surface area contributed by atoms with Gasteiger partial charge in [-0.05, 0) is 115 Å². The molecule has 73 heavy (non-hydrogen) atoms. The largest absolute Gasteiger partial charge is 0.494 e. The second kappa shape index (κ2) is 21.0. The highest BCUT2D eigenvalue weighted by atomic mass is 32.3. The fourth-order valence-corrected chi connectivity index (χ4v) is 11.6. The van der Waals surface area contributed by atoms with E-state index in [2.05, 4.69) is 20.9 Å². The molecule has 0 aliphatic carbocycles. The standard InChI is InChI=1S/C53H57N7O12S/c1-30-13-15-33(39(26-48(63)64)35-23-41-50(44(24-35)70-4)58(3)57-56-41)21-36(30)28-59-27-31(2)72-43-20-32(14-17-45(43)73(59,68)69)10-7-5-6-8-19-54-47(62)29-71-37-22-34-11-9-12-38-49(34)40(25-37)53(67)60(52(38)66)42-16-18-46(61)55-51(42)65/h9,11-15,17,20-25,31,39,42,68-69H,5-8,10,16,18-19,26-29H2,1-4H3,(H,54,62)(H,63,64)(H,55,61,65)/t31-,39+,42?/m1/s1. The predicted octanol–water partition coefficient (Wildman–Crippen LogP) is 7.05. The van der Waals surface area contributed by atoms with E-state index < -0.39 is 52.3 Å². The number of carboxylic acid groups (broad SMARTS) is 1. The van der Waals surface area contributed by atoms with Crippen molar-refractivity contribution < 1.29 is 57.2 Å². The molecular formula is C53H57N7O12S. The van der Waals surface area contributed by atoms with Crippen LogP contribution in [0.5, 0.6) is 17.2 Å². The van der Waals surface area contributed by atoms with Crippen LogP contribution in [0.2, 0.25) is 0 Å². The molecule has 1 aromatic heterocycles. The van der Waals surface area contributed by atoms with Crippen molar-refractivity contribution in [3.05, 3.63) is 118 Å². The van der Waals surface area contributed by atoms with E-state index in [4.69, 9.17) is 14.2 Å². The van der Waals surface area contributed by atoms with Gasteiger partial charge in [-0.1, -0.05) is 54.5 Å². The molecule has 1 saturated heterocycles. The van der Waals surface area contributed by atoms with Gasteiger partial charge in [-0.15, -0.1) is 15.9 Å². The maximum Gasteiger partial charge on any atom is 0.304 e. The summed E-state index contributed by atoms with van der Waals surface area (Å²) >= 11 is 0. The summed E-state index contributed by atoms with van der Waals surface area (Å²) in [5, 5.41) is 24.5. The number of imide groups is 2. The second-order valence-electron chi connectivity index (χ2n) is 18.8. The van der Waals surface area contributed by atoms with Gasteiger partial charge in [0.15, 0.2) is 6.61 Å². The van der Waals surface area contributed by atoms with Crippen molar-refractivity contribution >= 4 is 68.1 Å². The summed E-state index contributed by atoms with van der Waals surface area (Å²) in [6, 6.07) is 21.9. The number of rotatable bonds is 18. The molecule has 1 unspecified atom stereocenters. The van der Waals surface area contributed by atoms with Gasteiger partial charge in [0, 0.05) is 43.4 Å². The Morgan fingerprint density at radius 2 is 1.74 bits per heavy atom. The Hall–Kier alpha value is -7.39. The molecule has 0 radical (unpaired) electrons. The van der Waals surface area contributed by atoms with E-state index in [9.17, 15) is 43.0 Å². The number of amides is 5. The van der Waals surface area contributed by atoms with Gasteiger partial charge in [0.05, 0.1) is 25.6 Å². The zero-order chi connectivity index (χ0) is 51.7. The number of carbonyl (C=O) groups is 6. The second-order valence-corrected chi connectivity index (χ2v) is 20.8. The molecule has 6 aromatic rings. The van der Waals surface area contributed by atoms with E-state index in [1.807, 2.05) is 56.3 Å². The van der Waals surface area contributed by atoms with Crippen LogP contribution in [0.15, 0.2) is 83.8 Å². The third kappa shape index (κ3) is 10.5. The Morgan fingerprint density at radius 3 is 2.52 bits per heavy atom. The summed E-state index contributed by atoms with van der Waals surface area (Å²) in [5.74, 6) is -3.15. The number of nitrogens with zero attached hydrogens (tertiary/aromatic N) is 5. The Bertz CT molecular complexity index is 3190. The smallest absolute Gasteiger partial charge is 0.304 e. The molecule has 0 saturated carbocycles. The molecule has 3 aliphatic rings. The molecule has 20 heteroatoms. The highest BCUT2D eigenvalue weighted by molar-refractivity contribution is 8.22. The summed E-state index contributed by atoms with van der Waals surface area (Å²) in [4.78, 5) is 77.8. The van der Waals surface area contributed by atoms with Gasteiger partial charge in [-0.2, -0.15) is 4.31 Å². The highest BCUT2D eigenvalue weighted by Gasteiger charge is 2.43. The molecule has 1 fully saturated rings. The lowest BCUT2D eigenvalue weighted by molar-refractivity contribution is -0.138. The molecule has 382 valence electrons. The topological polar surface area (TPSA) is 252 Å². The minimum Gasteiger partial charge on any atom is -0.494 e. The molecule has 5 N–H and O–H groups in total. The number of ether oxygens (including phenoxy) is 3. The van der Waals surface area contributed by atoms with E-state index >= 15 is 0 Å². The van der Waals surface area contributed by atoms with E-state index in [0.717, 1.165) is 59.3 Å². The van der Waals surface area contributed by atoms with Gasteiger partial charge in [0.2, 0.25) is 11.8 Å². The number of nitrogens with one attached hydrogen (secondary N) is 2. The molecule has 5 aromatic carbocycles. The van der Waals surface area contributed by atoms with Crippen LogP contribution in [0, 0.1) is 6.92 Å². The maximum atomic E-state index is 13.7. The SMILES string of the molecule is COc1cc([C@@H](CC(=O)O)c2ccc(C)c(CN3C[C@@H](C)Oc4cc(CCCCCCNC(=O)COc5cc6c7c(cccc7c5)C(=O)N(C5CCC(=O)NC5=O)C6=O)ccc4S3(O)O)c2)cc2nnn(C)c12. The number of methoxy groups -OCH3 is 1. The molecule has 0 spiro atoms. The fraction of sp³-hybridized carbons (Fsp3) is 0.358. The lowest BCUT2D eigenvalue weighted by atomic mass is 9.86. The number of piperidine rings is 1. The maximum absolute atomic E-state index is 13.7. The van der Waals surface area contributed by atoms with Crippen molar-refractivity contribution in [1.29, 1.82) is 0 Å². The fourth-order valence-electron chi connectivity index (χ4n) is 10.00. The minimum absolute atomic E-state index is 0.000936. The van der Waals surface area contributed by atoms with Gasteiger partial charge in [-0.25, -0.2) is 4.68 Å². The number of aliphatic carboxylic acids is 1. The molecule has 5 amide bonds. The number of aryl methyl sites for hydroxylation is 3. The third-order valence-electron chi connectivity index (χ3n) is 13.7. The third-order valence-corrected chi connectivity index (χ3v) is 15.6. The Morgan fingerprint density at radius 1 is 0.945 bits per heavy atom. The zero-order valence-electron chi connectivity index (χ0n) is 40.9. The van der Waals surface area contributed by atoms with Crippen LogP contribution in [0.1, 0.15) is 106 Å². The number of carboxylic acids is 1. The summed E-state index contributed by atoms with van der Waals surface area (Å²) in [7, 11) is -0.211. The number of carbonyl (C=O) groups excluding carboxylic acids is 5. The first-order valence-corrected chi connectivity index (χ1v) is 25.7. The number of fused-ring (bicyclic) bond motifs is 2. The number of aromatic nitrogens is 3. The average molecular weight is 1020 g/mol. The summed E-state index contributed by atoms with van der Waals surface area (Å²) < 4.78 is 44.9. The Labute approximate surface area is 422 Å². The van der Waals surface area contributed by atoms with Crippen molar-refractivity contribution in [1.82, 2.24) is 34.8 Å². The highest BCUT2D eigenvalue weighted by Crippen LogP contribution is 2.58. The van der Waals surface area contributed by atoms with Crippen LogP contribution in [0.4, 0.5) is 0 Å².